The number of ketones is 1. The van der Waals surface area contributed by atoms with Gasteiger partial charge in [0.05, 0.1) is 18.0 Å². The molecule has 3 rings (SSSR count). The predicted octanol–water partition coefficient (Wildman–Crippen LogP) is 2.31. The second-order valence-electron chi connectivity index (χ2n) is 10.2. The Morgan fingerprint density at radius 2 is 1.63 bits per heavy atom. The van der Waals surface area contributed by atoms with E-state index in [9.17, 15) is 29.1 Å². The minimum absolute atomic E-state index is 0.0167. The molecule has 2 atom stereocenters. The quantitative estimate of drug-likeness (QED) is 0.144. The number of rotatable bonds is 14. The van der Waals surface area contributed by atoms with Crippen LogP contribution in [0.5, 0.6) is 5.75 Å². The number of hydrogen-bond donors (Lipinski definition) is 5. The van der Waals surface area contributed by atoms with Gasteiger partial charge in [-0.25, -0.2) is 4.79 Å². The molecule has 41 heavy (non-hydrogen) atoms. The zero-order chi connectivity index (χ0) is 30.1. The van der Waals surface area contributed by atoms with Crippen molar-refractivity contribution in [2.45, 2.75) is 58.0 Å². The third-order valence-electron chi connectivity index (χ3n) is 6.48. The number of aliphatic carboxylic acids is 1. The summed E-state index contributed by atoms with van der Waals surface area (Å²) in [5, 5.41) is 24.4. The van der Waals surface area contributed by atoms with E-state index in [1.54, 1.807) is 36.4 Å². The van der Waals surface area contributed by atoms with Crippen molar-refractivity contribution >= 4 is 34.5 Å². The Balaban J connectivity index is 2.03. The predicted molar refractivity (Wildman–Crippen MR) is 152 cm³/mol. The number of benzene rings is 2. The SMILES string of the molecule is CC(C)C[C@H](NC(=O)CCC(=O)O)C(=O)N[C@@H](Cc1ccc(O)cc1)C(=O)c1c(CCN)c(=O)oc2ccccc12. The number of nitrogens with two attached hydrogens (primary N) is 1. The first-order chi connectivity index (χ1) is 19.5. The topological polar surface area (TPSA) is 189 Å². The molecule has 0 bridgehead atoms. The molecule has 0 unspecified atom stereocenters. The Labute approximate surface area is 236 Å². The van der Waals surface area contributed by atoms with Crippen LogP contribution >= 0.6 is 0 Å². The molecule has 0 spiro atoms. The summed E-state index contributed by atoms with van der Waals surface area (Å²) >= 11 is 0. The number of nitrogens with one attached hydrogen (secondary N) is 2. The zero-order valence-corrected chi connectivity index (χ0v) is 23.0. The van der Waals surface area contributed by atoms with Crippen molar-refractivity contribution in [1.29, 1.82) is 0 Å². The highest BCUT2D eigenvalue weighted by Gasteiger charge is 2.31. The fourth-order valence-electron chi connectivity index (χ4n) is 4.55. The zero-order valence-electron chi connectivity index (χ0n) is 23.0. The molecular weight excluding hydrogens is 530 g/mol. The number of aromatic hydroxyl groups is 1. The fourth-order valence-corrected chi connectivity index (χ4v) is 4.55. The average Bonchev–Trinajstić information content (AvgIpc) is 2.92. The maximum absolute atomic E-state index is 14.2. The molecule has 11 nitrogen and oxygen atoms in total. The summed E-state index contributed by atoms with van der Waals surface area (Å²) in [7, 11) is 0. The van der Waals surface area contributed by atoms with E-state index in [4.69, 9.17) is 15.3 Å². The summed E-state index contributed by atoms with van der Waals surface area (Å²) in [6, 6.07) is 10.5. The van der Waals surface area contributed by atoms with Crippen molar-refractivity contribution in [2.24, 2.45) is 11.7 Å². The van der Waals surface area contributed by atoms with Crippen molar-refractivity contribution < 1.29 is 33.8 Å². The van der Waals surface area contributed by atoms with Gasteiger partial charge < -0.3 is 31.0 Å². The number of carboxylic acid groups (broad SMARTS) is 1. The summed E-state index contributed by atoms with van der Waals surface area (Å²) in [5.41, 5.74) is 6.08. The number of carbonyl (C=O) groups excluding carboxylic acids is 3. The van der Waals surface area contributed by atoms with Crippen LogP contribution in [0.4, 0.5) is 0 Å². The summed E-state index contributed by atoms with van der Waals surface area (Å²) < 4.78 is 5.43. The first kappa shape index (κ1) is 31.0. The van der Waals surface area contributed by atoms with Crippen molar-refractivity contribution in [1.82, 2.24) is 10.6 Å². The molecule has 1 aromatic heterocycles. The van der Waals surface area contributed by atoms with Gasteiger partial charge in [-0.05, 0) is 49.1 Å². The third kappa shape index (κ3) is 8.49. The number of amides is 2. The molecule has 0 aliphatic rings. The van der Waals surface area contributed by atoms with E-state index < -0.39 is 47.7 Å². The maximum atomic E-state index is 14.2. The minimum atomic E-state index is -1.17. The van der Waals surface area contributed by atoms with E-state index in [1.807, 2.05) is 13.8 Å². The molecule has 2 aromatic carbocycles. The van der Waals surface area contributed by atoms with Gasteiger partial charge in [0.25, 0.3) is 0 Å². The highest BCUT2D eigenvalue weighted by molar-refractivity contribution is 6.11. The number of carbonyl (C=O) groups is 4. The van der Waals surface area contributed by atoms with Crippen molar-refractivity contribution in [3.8, 4) is 5.75 Å². The van der Waals surface area contributed by atoms with Crippen LogP contribution in [0.1, 0.15) is 54.6 Å². The Kier molecular flexibility index (Phi) is 10.8. The highest BCUT2D eigenvalue weighted by atomic mass is 16.4. The Bertz CT molecular complexity index is 1460. The lowest BCUT2D eigenvalue weighted by atomic mass is 9.91. The van der Waals surface area contributed by atoms with Crippen LogP contribution in [0.2, 0.25) is 0 Å². The van der Waals surface area contributed by atoms with Gasteiger partial charge in [0.15, 0.2) is 5.78 Å². The molecule has 2 amide bonds. The minimum Gasteiger partial charge on any atom is -0.508 e. The van der Waals surface area contributed by atoms with Crippen LogP contribution in [0.15, 0.2) is 57.7 Å². The maximum Gasteiger partial charge on any atom is 0.340 e. The standard InChI is InChI=1S/C30H35N3O8/c1-17(2)15-23(32-25(35)11-12-26(36)37)29(39)33-22(16-18-7-9-19(34)10-8-18)28(38)27-20-5-3-4-6-24(20)41-30(40)21(27)13-14-31/h3-10,17,22-23,34H,11-16,31H2,1-2H3,(H,32,35)(H,33,39)(H,36,37)/t22-,23-/m0/s1. The van der Waals surface area contributed by atoms with Gasteiger partial charge in [0, 0.05) is 23.8 Å². The molecule has 0 aliphatic heterocycles. The number of phenols is 1. The number of phenolic OH excluding ortho intramolecular Hbond substituents is 1. The molecule has 0 radical (unpaired) electrons. The molecule has 0 aliphatic carbocycles. The normalized spacial score (nSPS) is 12.6. The van der Waals surface area contributed by atoms with Gasteiger partial charge in [-0.1, -0.05) is 44.2 Å². The number of hydrogen-bond acceptors (Lipinski definition) is 8. The molecule has 0 fully saturated rings. The van der Waals surface area contributed by atoms with Crippen LogP contribution < -0.4 is 22.0 Å². The molecule has 6 N–H and O–H groups in total. The van der Waals surface area contributed by atoms with Gasteiger partial charge in [-0.15, -0.1) is 0 Å². The van der Waals surface area contributed by atoms with Crippen LogP contribution in [0.3, 0.4) is 0 Å². The first-order valence-corrected chi connectivity index (χ1v) is 13.4. The fraction of sp³-hybridized carbons (Fsp3) is 0.367. The summed E-state index contributed by atoms with van der Waals surface area (Å²) in [4.78, 5) is 63.9. The second kappa shape index (κ2) is 14.2. The summed E-state index contributed by atoms with van der Waals surface area (Å²) in [6.45, 7) is 3.80. The van der Waals surface area contributed by atoms with Gasteiger partial charge in [-0.3, -0.25) is 19.2 Å². The highest BCUT2D eigenvalue weighted by Crippen LogP contribution is 2.23. The van der Waals surface area contributed by atoms with E-state index in [0.29, 0.717) is 10.9 Å². The van der Waals surface area contributed by atoms with Gasteiger partial charge in [0.1, 0.15) is 17.4 Å². The largest absolute Gasteiger partial charge is 0.508 e. The van der Waals surface area contributed by atoms with Crippen molar-refractivity contribution in [3.63, 3.8) is 0 Å². The molecular formula is C30H35N3O8. The van der Waals surface area contributed by atoms with E-state index >= 15 is 0 Å². The lowest BCUT2D eigenvalue weighted by Crippen LogP contribution is -2.52. The molecule has 0 saturated carbocycles. The molecule has 11 heteroatoms. The molecule has 3 aromatic rings. The molecule has 218 valence electrons. The smallest absolute Gasteiger partial charge is 0.340 e. The van der Waals surface area contributed by atoms with E-state index in [1.165, 1.54) is 12.1 Å². The van der Waals surface area contributed by atoms with E-state index in [-0.39, 0.29) is 60.6 Å². The van der Waals surface area contributed by atoms with Gasteiger partial charge in [0.2, 0.25) is 11.8 Å². The third-order valence-corrected chi connectivity index (χ3v) is 6.48. The number of Topliss-reactive ketones (excluding diaryl/α,β-unsaturated/α-hetero) is 1. The summed E-state index contributed by atoms with van der Waals surface area (Å²) in [6.07, 6.45) is -0.369. The first-order valence-electron chi connectivity index (χ1n) is 13.4. The van der Waals surface area contributed by atoms with Crippen LogP contribution in [0.25, 0.3) is 11.0 Å². The van der Waals surface area contributed by atoms with Crippen molar-refractivity contribution in [3.05, 3.63) is 75.6 Å². The number of fused-ring (bicyclic) bond motifs is 1. The number of carboxylic acids is 1. The number of para-hydroxylation sites is 1. The lowest BCUT2D eigenvalue weighted by molar-refractivity contribution is -0.139. The van der Waals surface area contributed by atoms with Crippen LogP contribution in [0, 0.1) is 5.92 Å². The Hall–Kier alpha value is -4.51. The second-order valence-corrected chi connectivity index (χ2v) is 10.2. The van der Waals surface area contributed by atoms with Crippen LogP contribution in [-0.2, 0) is 27.2 Å². The Morgan fingerprint density at radius 1 is 0.951 bits per heavy atom. The lowest BCUT2D eigenvalue weighted by Gasteiger charge is -2.25. The summed E-state index contributed by atoms with van der Waals surface area (Å²) in [5.74, 6) is -2.91. The van der Waals surface area contributed by atoms with E-state index in [0.717, 1.165) is 0 Å². The Morgan fingerprint density at radius 3 is 2.27 bits per heavy atom. The van der Waals surface area contributed by atoms with Gasteiger partial charge in [-0.2, -0.15) is 0 Å². The molecule has 0 saturated heterocycles. The van der Waals surface area contributed by atoms with E-state index in [2.05, 4.69) is 10.6 Å². The van der Waals surface area contributed by atoms with Crippen LogP contribution in [-0.4, -0.2) is 52.4 Å². The van der Waals surface area contributed by atoms with Crippen molar-refractivity contribution in [2.75, 3.05) is 6.54 Å². The average molecular weight is 566 g/mol. The van der Waals surface area contributed by atoms with Gasteiger partial charge >= 0.3 is 11.6 Å². The molecule has 1 heterocycles. The monoisotopic (exact) mass is 565 g/mol.